The maximum Gasteiger partial charge on any atom is 0.266 e. The van der Waals surface area contributed by atoms with Gasteiger partial charge in [-0.25, -0.2) is 13.5 Å². The van der Waals surface area contributed by atoms with Crippen molar-refractivity contribution in [3.05, 3.63) is 58.1 Å². The molecule has 10 heteroatoms. The van der Waals surface area contributed by atoms with Gasteiger partial charge in [0.2, 0.25) is 10.0 Å². The predicted molar refractivity (Wildman–Crippen MR) is 119 cm³/mol. The van der Waals surface area contributed by atoms with E-state index >= 15 is 0 Å². The van der Waals surface area contributed by atoms with Gasteiger partial charge in [0, 0.05) is 44.4 Å². The van der Waals surface area contributed by atoms with E-state index in [1.54, 1.807) is 18.5 Å². The molecular formula is C21H26N6O3S. The largest absolute Gasteiger partial charge is 0.367 e. The highest BCUT2D eigenvalue weighted by molar-refractivity contribution is 7.89. The van der Waals surface area contributed by atoms with E-state index in [1.807, 2.05) is 42.2 Å². The Kier molecular flexibility index (Phi) is 5.67. The number of anilines is 1. The zero-order valence-electron chi connectivity index (χ0n) is 17.9. The van der Waals surface area contributed by atoms with Crippen molar-refractivity contribution in [2.45, 2.75) is 32.2 Å². The second-order valence-corrected chi connectivity index (χ2v) is 9.41. The minimum atomic E-state index is -3.65. The molecule has 1 aromatic carbocycles. The van der Waals surface area contributed by atoms with Crippen LogP contribution in [0.5, 0.6) is 0 Å². The first-order valence-corrected chi connectivity index (χ1v) is 11.7. The fourth-order valence-electron chi connectivity index (χ4n) is 4.10. The minimum absolute atomic E-state index is 0.289. The lowest BCUT2D eigenvalue weighted by Gasteiger charge is -2.35. The highest BCUT2D eigenvalue weighted by Gasteiger charge is 2.33. The van der Waals surface area contributed by atoms with Gasteiger partial charge in [-0.05, 0) is 20.8 Å². The molecule has 1 aliphatic rings. The van der Waals surface area contributed by atoms with Crippen molar-refractivity contribution in [2.24, 2.45) is 0 Å². The lowest BCUT2D eigenvalue weighted by Crippen LogP contribution is -2.49. The third-order valence-electron chi connectivity index (χ3n) is 5.63. The average Bonchev–Trinajstić information content (AvgIpc) is 3.08. The summed E-state index contributed by atoms with van der Waals surface area (Å²) in [6.45, 7) is 7.65. The number of nitrogens with zero attached hydrogens (tertiary/aromatic N) is 5. The number of H-pyrrole nitrogens is 1. The van der Waals surface area contributed by atoms with Gasteiger partial charge in [-0.1, -0.05) is 30.3 Å². The zero-order chi connectivity index (χ0) is 22.2. The summed E-state index contributed by atoms with van der Waals surface area (Å²) in [6, 6.07) is 11.1. The van der Waals surface area contributed by atoms with Crippen LogP contribution >= 0.6 is 0 Å². The number of benzene rings is 1. The molecule has 3 aromatic rings. The van der Waals surface area contributed by atoms with Crippen molar-refractivity contribution in [3.63, 3.8) is 0 Å². The molecule has 0 radical (unpaired) electrons. The molecule has 1 N–H and O–H groups in total. The van der Waals surface area contributed by atoms with Crippen molar-refractivity contribution in [2.75, 3.05) is 31.1 Å². The first-order valence-electron chi connectivity index (χ1n) is 10.3. The van der Waals surface area contributed by atoms with E-state index in [9.17, 15) is 13.2 Å². The molecule has 0 aliphatic carbocycles. The molecule has 164 valence electrons. The van der Waals surface area contributed by atoms with Gasteiger partial charge in [-0.2, -0.15) is 14.5 Å². The average molecular weight is 443 g/mol. The van der Waals surface area contributed by atoms with Gasteiger partial charge in [0.1, 0.15) is 10.6 Å². The summed E-state index contributed by atoms with van der Waals surface area (Å²) in [5.41, 5.74) is 3.16. The predicted octanol–water partition coefficient (Wildman–Crippen LogP) is 1.78. The minimum Gasteiger partial charge on any atom is -0.367 e. The van der Waals surface area contributed by atoms with Gasteiger partial charge in [0.15, 0.2) is 0 Å². The van der Waals surface area contributed by atoms with E-state index in [-0.39, 0.29) is 5.56 Å². The Morgan fingerprint density at radius 3 is 2.35 bits per heavy atom. The summed E-state index contributed by atoms with van der Waals surface area (Å²) >= 11 is 0. The van der Waals surface area contributed by atoms with Crippen molar-refractivity contribution < 1.29 is 8.42 Å². The number of rotatable bonds is 5. The van der Waals surface area contributed by atoms with Gasteiger partial charge in [0.05, 0.1) is 17.1 Å². The Morgan fingerprint density at radius 1 is 1.06 bits per heavy atom. The Balaban J connectivity index is 1.60. The Bertz CT molecular complexity index is 1240. The van der Waals surface area contributed by atoms with Crippen molar-refractivity contribution >= 4 is 15.7 Å². The van der Waals surface area contributed by atoms with Crippen LogP contribution in [0.2, 0.25) is 0 Å². The number of aromatic amines is 1. The van der Waals surface area contributed by atoms with Gasteiger partial charge in [0.25, 0.3) is 5.56 Å². The van der Waals surface area contributed by atoms with Gasteiger partial charge >= 0.3 is 0 Å². The van der Waals surface area contributed by atoms with Gasteiger partial charge < -0.3 is 4.90 Å². The summed E-state index contributed by atoms with van der Waals surface area (Å²) in [5.74, 6) is 0. The van der Waals surface area contributed by atoms with Crippen LogP contribution in [0.1, 0.15) is 18.3 Å². The normalized spacial score (nSPS) is 15.4. The lowest BCUT2D eigenvalue weighted by atomic mass is 10.1. The van der Waals surface area contributed by atoms with Crippen molar-refractivity contribution in [3.8, 4) is 11.3 Å². The molecule has 0 atom stereocenters. The maximum absolute atomic E-state index is 13.3. The number of aryl methyl sites for hydroxylation is 2. The molecule has 0 spiro atoms. The van der Waals surface area contributed by atoms with E-state index in [4.69, 9.17) is 0 Å². The number of piperazine rings is 1. The molecule has 9 nitrogen and oxygen atoms in total. The standard InChI is InChI=1S/C21H26N6O3S/c1-4-27-16(3)21(15(2)24-27)31(29,30)26-12-10-25(11-13-26)18-14-19(28)22-23-20(18)17-8-6-5-7-9-17/h5-9,14H,4,10-13H2,1-3H3,(H,22,28). The molecule has 3 heterocycles. The van der Waals surface area contributed by atoms with E-state index in [0.717, 1.165) is 5.56 Å². The summed E-state index contributed by atoms with van der Waals surface area (Å²) in [5, 5.41) is 11.1. The maximum atomic E-state index is 13.3. The zero-order valence-corrected chi connectivity index (χ0v) is 18.7. The summed E-state index contributed by atoms with van der Waals surface area (Å²) in [4.78, 5) is 14.3. The molecule has 0 saturated carbocycles. The first kappa shape index (κ1) is 21.3. The number of sulfonamides is 1. The molecule has 1 fully saturated rings. The number of aromatic nitrogens is 4. The van der Waals surface area contributed by atoms with Crippen LogP contribution in [0.3, 0.4) is 0 Å². The fourth-order valence-corrected chi connectivity index (χ4v) is 5.90. The van der Waals surface area contributed by atoms with Crippen molar-refractivity contribution in [1.82, 2.24) is 24.3 Å². The third kappa shape index (κ3) is 3.88. The SMILES string of the molecule is CCn1nc(C)c(S(=O)(=O)N2CCN(c3cc(=O)[nH]nc3-c3ccccc3)CC2)c1C. The van der Waals surface area contributed by atoms with Crippen LogP contribution < -0.4 is 10.5 Å². The number of hydrogen-bond acceptors (Lipinski definition) is 6. The van der Waals surface area contributed by atoms with Crippen LogP contribution in [0.25, 0.3) is 11.3 Å². The topological polar surface area (TPSA) is 104 Å². The molecule has 2 aromatic heterocycles. The third-order valence-corrected chi connectivity index (χ3v) is 7.78. The molecule has 0 unspecified atom stereocenters. The van der Waals surface area contributed by atoms with Crippen LogP contribution in [0, 0.1) is 13.8 Å². The highest BCUT2D eigenvalue weighted by atomic mass is 32.2. The summed E-state index contributed by atoms with van der Waals surface area (Å²) in [6.07, 6.45) is 0. The number of nitrogens with one attached hydrogen (secondary N) is 1. The molecule has 0 bridgehead atoms. The summed E-state index contributed by atoms with van der Waals surface area (Å²) < 4.78 is 29.9. The molecule has 0 amide bonds. The van der Waals surface area contributed by atoms with Crippen LogP contribution in [0.15, 0.2) is 46.1 Å². The first-order chi connectivity index (χ1) is 14.8. The monoisotopic (exact) mass is 442 g/mol. The Morgan fingerprint density at radius 2 is 1.74 bits per heavy atom. The highest BCUT2D eigenvalue weighted by Crippen LogP contribution is 2.29. The molecule has 4 rings (SSSR count). The second-order valence-electron chi connectivity index (χ2n) is 7.54. The van der Waals surface area contributed by atoms with Crippen LogP contribution in [-0.4, -0.2) is 58.9 Å². The molecular weight excluding hydrogens is 416 g/mol. The smallest absolute Gasteiger partial charge is 0.266 e. The van der Waals surface area contributed by atoms with Crippen LogP contribution in [-0.2, 0) is 16.6 Å². The quantitative estimate of drug-likeness (QED) is 0.646. The fraction of sp³-hybridized carbons (Fsp3) is 0.381. The summed E-state index contributed by atoms with van der Waals surface area (Å²) in [7, 11) is -3.65. The Labute approximate surface area is 181 Å². The van der Waals surface area contributed by atoms with Crippen molar-refractivity contribution in [1.29, 1.82) is 0 Å². The van der Waals surface area contributed by atoms with Gasteiger partial charge in [-0.3, -0.25) is 9.48 Å². The van der Waals surface area contributed by atoms with E-state index in [1.165, 1.54) is 10.4 Å². The molecule has 1 aliphatic heterocycles. The molecule has 1 saturated heterocycles. The molecule has 31 heavy (non-hydrogen) atoms. The van der Waals surface area contributed by atoms with Crippen LogP contribution in [0.4, 0.5) is 5.69 Å². The second kappa shape index (κ2) is 8.27. The lowest BCUT2D eigenvalue weighted by molar-refractivity contribution is 0.384. The van der Waals surface area contributed by atoms with E-state index in [0.29, 0.717) is 60.4 Å². The number of hydrogen-bond donors (Lipinski definition) is 1. The van der Waals surface area contributed by atoms with Gasteiger partial charge in [-0.15, -0.1) is 0 Å². The van der Waals surface area contributed by atoms with E-state index in [2.05, 4.69) is 15.3 Å². The van der Waals surface area contributed by atoms with E-state index < -0.39 is 10.0 Å². The Hall–Kier alpha value is -2.98.